The van der Waals surface area contributed by atoms with Crippen molar-refractivity contribution < 1.29 is 19.2 Å². The zero-order valence-electron chi connectivity index (χ0n) is 13.2. The summed E-state index contributed by atoms with van der Waals surface area (Å²) in [4.78, 5) is 21.8. The van der Waals surface area contributed by atoms with E-state index in [-0.39, 0.29) is 12.7 Å². The van der Waals surface area contributed by atoms with Gasteiger partial charge >= 0.3 is 11.7 Å². The summed E-state index contributed by atoms with van der Waals surface area (Å²) in [5.41, 5.74) is -0.0199. The second kappa shape index (κ2) is 8.31. The lowest BCUT2D eigenvalue weighted by molar-refractivity contribution is -0.419. The number of carbonyl (C=O) groups is 1. The molecule has 6 heteroatoms. The van der Waals surface area contributed by atoms with Crippen LogP contribution in [0.2, 0.25) is 0 Å². The van der Waals surface area contributed by atoms with E-state index >= 15 is 0 Å². The molecule has 0 bridgehead atoms. The maximum Gasteiger partial charge on any atom is 0.409 e. The zero-order chi connectivity index (χ0) is 16.7. The third kappa shape index (κ3) is 5.09. The lowest BCUT2D eigenvalue weighted by atomic mass is 9.98. The fourth-order valence-corrected chi connectivity index (χ4v) is 2.57. The predicted molar refractivity (Wildman–Crippen MR) is 85.5 cm³/mol. The Morgan fingerprint density at radius 3 is 2.48 bits per heavy atom. The molecule has 1 aliphatic carbocycles. The SMILES string of the molecule is CCOC(=O)/C(=C\c1ccc(OC2CCCCC2)cc1)[N+](=O)[O-]. The summed E-state index contributed by atoms with van der Waals surface area (Å²) >= 11 is 0. The van der Waals surface area contributed by atoms with Crippen LogP contribution in [0.1, 0.15) is 44.6 Å². The Morgan fingerprint density at radius 2 is 1.91 bits per heavy atom. The molecule has 1 saturated carbocycles. The quantitative estimate of drug-likeness (QED) is 0.346. The van der Waals surface area contributed by atoms with E-state index in [9.17, 15) is 14.9 Å². The molecule has 0 saturated heterocycles. The molecule has 0 spiro atoms. The van der Waals surface area contributed by atoms with Crippen LogP contribution in [-0.4, -0.2) is 23.6 Å². The molecule has 0 unspecified atom stereocenters. The van der Waals surface area contributed by atoms with Crippen LogP contribution in [0.25, 0.3) is 6.08 Å². The molecule has 23 heavy (non-hydrogen) atoms. The summed E-state index contributed by atoms with van der Waals surface area (Å²) in [5, 5.41) is 11.0. The third-order valence-electron chi connectivity index (χ3n) is 3.72. The number of ether oxygens (including phenoxy) is 2. The number of hydrogen-bond acceptors (Lipinski definition) is 5. The summed E-state index contributed by atoms with van der Waals surface area (Å²) in [7, 11) is 0. The average molecular weight is 319 g/mol. The third-order valence-corrected chi connectivity index (χ3v) is 3.72. The number of nitro groups is 1. The highest BCUT2D eigenvalue weighted by atomic mass is 16.6. The van der Waals surface area contributed by atoms with Gasteiger partial charge in [-0.15, -0.1) is 0 Å². The van der Waals surface area contributed by atoms with E-state index in [0.717, 1.165) is 18.6 Å². The van der Waals surface area contributed by atoms with Crippen LogP contribution in [0.5, 0.6) is 5.75 Å². The largest absolute Gasteiger partial charge is 0.490 e. The summed E-state index contributed by atoms with van der Waals surface area (Å²) < 4.78 is 10.6. The van der Waals surface area contributed by atoms with Crippen molar-refractivity contribution in [3.63, 3.8) is 0 Å². The van der Waals surface area contributed by atoms with E-state index in [4.69, 9.17) is 4.74 Å². The Hall–Kier alpha value is -2.37. The Bertz CT molecular complexity index is 573. The normalized spacial score (nSPS) is 16.0. The van der Waals surface area contributed by atoms with Gasteiger partial charge in [0.1, 0.15) is 5.75 Å². The van der Waals surface area contributed by atoms with Crippen molar-refractivity contribution in [3.05, 3.63) is 45.6 Å². The van der Waals surface area contributed by atoms with Gasteiger partial charge in [-0.05, 0) is 50.3 Å². The molecule has 6 nitrogen and oxygen atoms in total. The summed E-state index contributed by atoms with van der Waals surface area (Å²) in [5.74, 6) is -0.187. The second-order valence-corrected chi connectivity index (χ2v) is 5.45. The van der Waals surface area contributed by atoms with Crippen LogP contribution < -0.4 is 4.74 Å². The molecule has 1 aromatic rings. The maximum atomic E-state index is 11.6. The molecule has 0 aromatic heterocycles. The van der Waals surface area contributed by atoms with E-state index in [0.29, 0.717) is 5.56 Å². The molecule has 0 N–H and O–H groups in total. The second-order valence-electron chi connectivity index (χ2n) is 5.45. The molecule has 0 radical (unpaired) electrons. The molecule has 0 aliphatic heterocycles. The van der Waals surface area contributed by atoms with Crippen LogP contribution in [0.3, 0.4) is 0 Å². The van der Waals surface area contributed by atoms with Gasteiger partial charge in [-0.3, -0.25) is 10.1 Å². The van der Waals surface area contributed by atoms with Gasteiger partial charge in [-0.25, -0.2) is 4.79 Å². The van der Waals surface area contributed by atoms with Gasteiger partial charge in [-0.1, -0.05) is 18.6 Å². The van der Waals surface area contributed by atoms with E-state index < -0.39 is 16.6 Å². The van der Waals surface area contributed by atoms with Crippen LogP contribution in [0.15, 0.2) is 30.0 Å². The number of carbonyl (C=O) groups excluding carboxylic acids is 1. The van der Waals surface area contributed by atoms with Crippen molar-refractivity contribution >= 4 is 12.0 Å². The van der Waals surface area contributed by atoms with Crippen LogP contribution in [0, 0.1) is 10.1 Å². The van der Waals surface area contributed by atoms with Crippen molar-refractivity contribution in [3.8, 4) is 5.75 Å². The number of benzene rings is 1. The van der Waals surface area contributed by atoms with Crippen molar-refractivity contribution in [1.29, 1.82) is 0 Å². The number of hydrogen-bond donors (Lipinski definition) is 0. The van der Waals surface area contributed by atoms with Crippen LogP contribution >= 0.6 is 0 Å². The fourth-order valence-electron chi connectivity index (χ4n) is 2.57. The Morgan fingerprint density at radius 1 is 1.26 bits per heavy atom. The van der Waals surface area contributed by atoms with Crippen LogP contribution in [0.4, 0.5) is 0 Å². The van der Waals surface area contributed by atoms with Gasteiger partial charge in [0.25, 0.3) is 0 Å². The maximum absolute atomic E-state index is 11.6. The van der Waals surface area contributed by atoms with Gasteiger partial charge in [0, 0.05) is 6.08 Å². The van der Waals surface area contributed by atoms with E-state index in [1.807, 2.05) is 0 Å². The molecule has 0 amide bonds. The molecule has 1 aliphatic rings. The Labute approximate surface area is 135 Å². The summed E-state index contributed by atoms with van der Waals surface area (Å²) in [6.45, 7) is 1.70. The van der Waals surface area contributed by atoms with E-state index in [2.05, 4.69) is 4.74 Å². The highest BCUT2D eigenvalue weighted by Crippen LogP contribution is 2.24. The van der Waals surface area contributed by atoms with Crippen molar-refractivity contribution in [2.75, 3.05) is 6.61 Å². The van der Waals surface area contributed by atoms with Gasteiger partial charge in [0.15, 0.2) is 0 Å². The molecular weight excluding hydrogens is 298 g/mol. The predicted octanol–water partition coefficient (Wildman–Crippen LogP) is 3.58. The highest BCUT2D eigenvalue weighted by molar-refractivity contribution is 5.90. The minimum absolute atomic E-state index is 0.0954. The molecular formula is C17H21NO5. The minimum atomic E-state index is -0.931. The minimum Gasteiger partial charge on any atom is -0.490 e. The topological polar surface area (TPSA) is 78.7 Å². The Kier molecular flexibility index (Phi) is 6.14. The number of rotatable bonds is 6. The monoisotopic (exact) mass is 319 g/mol. The first-order chi connectivity index (χ1) is 11.1. The average Bonchev–Trinajstić information content (AvgIpc) is 2.55. The lowest BCUT2D eigenvalue weighted by Gasteiger charge is -2.22. The first kappa shape index (κ1) is 17.0. The van der Waals surface area contributed by atoms with E-state index in [1.165, 1.54) is 25.3 Å². The van der Waals surface area contributed by atoms with Gasteiger partial charge < -0.3 is 9.47 Å². The summed E-state index contributed by atoms with van der Waals surface area (Å²) in [6, 6.07) is 6.92. The molecule has 0 heterocycles. The van der Waals surface area contributed by atoms with Gasteiger partial charge in [0.05, 0.1) is 17.6 Å². The van der Waals surface area contributed by atoms with Crippen molar-refractivity contribution in [2.24, 2.45) is 0 Å². The highest BCUT2D eigenvalue weighted by Gasteiger charge is 2.23. The standard InChI is InChI=1S/C17H21NO5/c1-2-22-17(19)16(18(20)21)12-13-8-10-15(11-9-13)23-14-6-4-3-5-7-14/h8-12,14H,2-7H2,1H3/b16-12+. The molecule has 1 aromatic carbocycles. The number of esters is 1. The van der Waals surface area contributed by atoms with Crippen molar-refractivity contribution in [1.82, 2.24) is 0 Å². The lowest BCUT2D eigenvalue weighted by Crippen LogP contribution is -2.19. The molecule has 2 rings (SSSR count). The first-order valence-corrected chi connectivity index (χ1v) is 7.90. The van der Waals surface area contributed by atoms with Crippen molar-refractivity contribution in [2.45, 2.75) is 45.1 Å². The molecule has 1 fully saturated rings. The smallest absolute Gasteiger partial charge is 0.409 e. The van der Waals surface area contributed by atoms with Crippen LogP contribution in [-0.2, 0) is 9.53 Å². The summed E-state index contributed by atoms with van der Waals surface area (Å²) in [6.07, 6.45) is 7.24. The fraction of sp³-hybridized carbons (Fsp3) is 0.471. The first-order valence-electron chi connectivity index (χ1n) is 7.90. The zero-order valence-corrected chi connectivity index (χ0v) is 13.2. The van der Waals surface area contributed by atoms with E-state index in [1.54, 1.807) is 31.2 Å². The molecule has 124 valence electrons. The Balaban J connectivity index is 2.06. The number of nitrogens with zero attached hydrogens (tertiary/aromatic N) is 1. The van der Waals surface area contributed by atoms with Gasteiger partial charge in [0.2, 0.25) is 0 Å². The van der Waals surface area contributed by atoms with Gasteiger partial charge in [-0.2, -0.15) is 0 Å². The molecule has 0 atom stereocenters.